The average molecular weight is 264 g/mol. The van der Waals surface area contributed by atoms with Crippen LogP contribution in [0, 0.1) is 5.92 Å². The summed E-state index contributed by atoms with van der Waals surface area (Å²) in [6, 6.07) is 4.87. The number of piperidine rings is 1. The molecule has 0 bridgehead atoms. The number of phenolic OH excluding ortho intramolecular Hbond substituents is 1. The first-order valence-corrected chi connectivity index (χ1v) is 6.44. The summed E-state index contributed by atoms with van der Waals surface area (Å²) in [4.78, 5) is 14.1. The number of nitrogens with two attached hydrogens (primary N) is 1. The molecule has 19 heavy (non-hydrogen) atoms. The molecule has 1 aromatic rings. The molecule has 104 valence electrons. The molecule has 1 fully saturated rings. The van der Waals surface area contributed by atoms with Crippen LogP contribution in [-0.2, 0) is 0 Å². The predicted octanol–water partition coefficient (Wildman–Crippen LogP) is 1.21. The highest BCUT2D eigenvalue weighted by atomic mass is 16.5. The fourth-order valence-electron chi connectivity index (χ4n) is 2.35. The highest BCUT2D eigenvalue weighted by molar-refractivity contribution is 5.95. The Labute approximate surface area is 113 Å². The van der Waals surface area contributed by atoms with Gasteiger partial charge in [-0.25, -0.2) is 0 Å². The molecule has 2 rings (SSSR count). The van der Waals surface area contributed by atoms with Gasteiger partial charge in [-0.15, -0.1) is 0 Å². The van der Waals surface area contributed by atoms with Crippen LogP contribution in [0.1, 0.15) is 23.7 Å². The molecule has 2 unspecified atom stereocenters. The molecule has 5 heteroatoms. The molecule has 1 heterocycles. The summed E-state index contributed by atoms with van der Waals surface area (Å²) in [6.07, 6.45) is 0.815. The minimum Gasteiger partial charge on any atom is -0.504 e. The van der Waals surface area contributed by atoms with Crippen LogP contribution in [-0.4, -0.2) is 42.2 Å². The van der Waals surface area contributed by atoms with Gasteiger partial charge in [0.25, 0.3) is 5.91 Å². The Balaban J connectivity index is 2.13. The van der Waals surface area contributed by atoms with Crippen molar-refractivity contribution in [2.75, 3.05) is 20.2 Å². The van der Waals surface area contributed by atoms with Gasteiger partial charge in [-0.1, -0.05) is 6.92 Å². The first-order chi connectivity index (χ1) is 9.02. The first kappa shape index (κ1) is 13.7. The summed E-state index contributed by atoms with van der Waals surface area (Å²) >= 11 is 0. The number of methoxy groups -OCH3 is 1. The summed E-state index contributed by atoms with van der Waals surface area (Å²) in [5.41, 5.74) is 6.42. The molecule has 1 aliphatic heterocycles. The lowest BCUT2D eigenvalue weighted by Crippen LogP contribution is -2.48. The van der Waals surface area contributed by atoms with Crippen molar-refractivity contribution in [3.05, 3.63) is 23.8 Å². The number of phenols is 1. The zero-order chi connectivity index (χ0) is 14.0. The summed E-state index contributed by atoms with van der Waals surface area (Å²) < 4.78 is 4.96. The number of likely N-dealkylation sites (tertiary alicyclic amines) is 1. The largest absolute Gasteiger partial charge is 0.504 e. The van der Waals surface area contributed by atoms with E-state index in [-0.39, 0.29) is 17.7 Å². The lowest BCUT2D eigenvalue weighted by Gasteiger charge is -2.35. The van der Waals surface area contributed by atoms with Gasteiger partial charge < -0.3 is 20.5 Å². The quantitative estimate of drug-likeness (QED) is 0.842. The summed E-state index contributed by atoms with van der Waals surface area (Å²) in [5.74, 6) is 0.571. The van der Waals surface area contributed by atoms with Crippen LogP contribution in [0.25, 0.3) is 0 Å². The number of ether oxygens (including phenoxy) is 1. The van der Waals surface area contributed by atoms with Crippen molar-refractivity contribution in [2.45, 2.75) is 19.4 Å². The second kappa shape index (κ2) is 5.48. The van der Waals surface area contributed by atoms with Gasteiger partial charge >= 0.3 is 0 Å². The van der Waals surface area contributed by atoms with Crippen LogP contribution in [0.4, 0.5) is 0 Å². The second-order valence-electron chi connectivity index (χ2n) is 5.07. The number of benzene rings is 1. The lowest BCUT2D eigenvalue weighted by molar-refractivity contribution is 0.0663. The standard InChI is InChI=1S/C14H20N2O3/c1-9-8-16(6-5-11(9)15)14(18)10-3-4-13(19-2)12(17)7-10/h3-4,7,9,11,17H,5-6,8,15H2,1-2H3. The Morgan fingerprint density at radius 2 is 2.26 bits per heavy atom. The second-order valence-corrected chi connectivity index (χ2v) is 5.07. The molecule has 1 aromatic carbocycles. The van der Waals surface area contributed by atoms with Crippen LogP contribution in [0.5, 0.6) is 11.5 Å². The number of rotatable bonds is 2. The molecular formula is C14H20N2O3. The molecule has 0 aliphatic carbocycles. The van der Waals surface area contributed by atoms with Gasteiger partial charge in [0.1, 0.15) is 0 Å². The number of carbonyl (C=O) groups excluding carboxylic acids is 1. The van der Waals surface area contributed by atoms with Crippen molar-refractivity contribution in [1.82, 2.24) is 4.90 Å². The van der Waals surface area contributed by atoms with Crippen LogP contribution >= 0.6 is 0 Å². The molecule has 5 nitrogen and oxygen atoms in total. The summed E-state index contributed by atoms with van der Waals surface area (Å²) in [5, 5.41) is 9.72. The van der Waals surface area contributed by atoms with Gasteiger partial charge in [0.15, 0.2) is 11.5 Å². The molecule has 0 aromatic heterocycles. The number of carbonyl (C=O) groups is 1. The van der Waals surface area contributed by atoms with Crippen molar-refractivity contribution in [2.24, 2.45) is 11.7 Å². The highest BCUT2D eigenvalue weighted by Crippen LogP contribution is 2.27. The van der Waals surface area contributed by atoms with Gasteiger partial charge in [0, 0.05) is 24.7 Å². The fraction of sp³-hybridized carbons (Fsp3) is 0.500. The molecule has 1 aliphatic rings. The number of hydrogen-bond acceptors (Lipinski definition) is 4. The number of aromatic hydroxyl groups is 1. The van der Waals surface area contributed by atoms with E-state index in [1.807, 2.05) is 0 Å². The SMILES string of the molecule is COc1ccc(C(=O)N2CCC(N)C(C)C2)cc1O. The van der Waals surface area contributed by atoms with Gasteiger partial charge in [-0.05, 0) is 30.5 Å². The Morgan fingerprint density at radius 1 is 1.53 bits per heavy atom. The average Bonchev–Trinajstić information content (AvgIpc) is 2.41. The predicted molar refractivity (Wildman–Crippen MR) is 72.3 cm³/mol. The number of hydrogen-bond donors (Lipinski definition) is 2. The Hall–Kier alpha value is -1.75. The van der Waals surface area contributed by atoms with Gasteiger partial charge in [0.2, 0.25) is 0 Å². The molecule has 0 saturated carbocycles. The Morgan fingerprint density at radius 3 is 2.84 bits per heavy atom. The maximum atomic E-state index is 12.3. The van der Waals surface area contributed by atoms with Crippen molar-refractivity contribution in [3.8, 4) is 11.5 Å². The van der Waals surface area contributed by atoms with Gasteiger partial charge in [-0.3, -0.25) is 4.79 Å². The van der Waals surface area contributed by atoms with E-state index in [2.05, 4.69) is 6.92 Å². The molecule has 1 amide bonds. The van der Waals surface area contributed by atoms with E-state index in [1.165, 1.54) is 13.2 Å². The third-order valence-corrected chi connectivity index (χ3v) is 3.68. The smallest absolute Gasteiger partial charge is 0.254 e. The minimum atomic E-state index is -0.0725. The van der Waals surface area contributed by atoms with E-state index in [4.69, 9.17) is 10.5 Å². The van der Waals surface area contributed by atoms with Crippen LogP contribution < -0.4 is 10.5 Å². The van der Waals surface area contributed by atoms with Crippen LogP contribution in [0.3, 0.4) is 0 Å². The third-order valence-electron chi connectivity index (χ3n) is 3.68. The van der Waals surface area contributed by atoms with E-state index in [0.29, 0.717) is 30.3 Å². The molecule has 1 saturated heterocycles. The normalized spacial score (nSPS) is 23.2. The zero-order valence-electron chi connectivity index (χ0n) is 11.3. The highest BCUT2D eigenvalue weighted by Gasteiger charge is 2.27. The molecule has 3 N–H and O–H groups in total. The first-order valence-electron chi connectivity index (χ1n) is 6.44. The Kier molecular flexibility index (Phi) is 3.95. The molecule has 0 radical (unpaired) electrons. The van der Waals surface area contributed by atoms with Crippen molar-refractivity contribution < 1.29 is 14.6 Å². The van der Waals surface area contributed by atoms with Crippen molar-refractivity contribution in [3.63, 3.8) is 0 Å². The lowest BCUT2D eigenvalue weighted by atomic mass is 9.94. The van der Waals surface area contributed by atoms with E-state index in [0.717, 1.165) is 6.42 Å². The summed E-state index contributed by atoms with van der Waals surface area (Å²) in [7, 11) is 1.48. The maximum Gasteiger partial charge on any atom is 0.254 e. The molecular weight excluding hydrogens is 244 g/mol. The number of nitrogens with zero attached hydrogens (tertiary/aromatic N) is 1. The van der Waals surface area contributed by atoms with Gasteiger partial charge in [0.05, 0.1) is 7.11 Å². The maximum absolute atomic E-state index is 12.3. The van der Waals surface area contributed by atoms with Gasteiger partial charge in [-0.2, -0.15) is 0 Å². The third kappa shape index (κ3) is 2.81. The van der Waals surface area contributed by atoms with Crippen LogP contribution in [0.15, 0.2) is 18.2 Å². The fourth-order valence-corrected chi connectivity index (χ4v) is 2.35. The van der Waals surface area contributed by atoms with Crippen molar-refractivity contribution >= 4 is 5.91 Å². The topological polar surface area (TPSA) is 75.8 Å². The Bertz CT molecular complexity index is 476. The van der Waals surface area contributed by atoms with E-state index in [1.54, 1.807) is 17.0 Å². The van der Waals surface area contributed by atoms with E-state index < -0.39 is 0 Å². The van der Waals surface area contributed by atoms with Crippen molar-refractivity contribution in [1.29, 1.82) is 0 Å². The summed E-state index contributed by atoms with van der Waals surface area (Å²) in [6.45, 7) is 3.37. The van der Waals surface area contributed by atoms with E-state index >= 15 is 0 Å². The minimum absolute atomic E-state index is 0.0184. The number of amides is 1. The van der Waals surface area contributed by atoms with Crippen LogP contribution in [0.2, 0.25) is 0 Å². The monoisotopic (exact) mass is 264 g/mol. The zero-order valence-corrected chi connectivity index (χ0v) is 11.3. The molecule has 0 spiro atoms. The van der Waals surface area contributed by atoms with E-state index in [9.17, 15) is 9.90 Å². The molecule has 2 atom stereocenters.